The molecule has 1 aliphatic rings. The maximum absolute atomic E-state index is 8.97. The number of nitriles is 1. The average Bonchev–Trinajstić information content (AvgIpc) is 3.05. The summed E-state index contributed by atoms with van der Waals surface area (Å²) >= 11 is 0. The van der Waals surface area contributed by atoms with Crippen molar-refractivity contribution in [1.82, 2.24) is 20.1 Å². The molecule has 3 rings (SSSR count). The van der Waals surface area contributed by atoms with Crippen LogP contribution in [0.25, 0.3) is 0 Å². The molecule has 0 saturated carbocycles. The van der Waals surface area contributed by atoms with Gasteiger partial charge in [0, 0.05) is 18.9 Å². The minimum Gasteiger partial charge on any atom is -0.299 e. The monoisotopic (exact) mass is 295 g/mol. The lowest BCUT2D eigenvalue weighted by atomic mass is 9.95. The average molecular weight is 295 g/mol. The third-order valence-electron chi connectivity index (χ3n) is 4.30. The Bertz CT molecular complexity index is 662. The van der Waals surface area contributed by atoms with Gasteiger partial charge in [0.15, 0.2) is 5.82 Å². The van der Waals surface area contributed by atoms with Gasteiger partial charge >= 0.3 is 0 Å². The fourth-order valence-corrected chi connectivity index (χ4v) is 3.00. The molecular formula is C17H21N5. The van der Waals surface area contributed by atoms with E-state index in [4.69, 9.17) is 5.26 Å². The van der Waals surface area contributed by atoms with Gasteiger partial charge in [-0.25, -0.2) is 4.98 Å². The third-order valence-corrected chi connectivity index (χ3v) is 4.30. The molecule has 22 heavy (non-hydrogen) atoms. The highest BCUT2D eigenvalue weighted by molar-refractivity contribution is 5.32. The molecule has 1 fully saturated rings. The Kier molecular flexibility index (Phi) is 4.50. The van der Waals surface area contributed by atoms with Crippen molar-refractivity contribution in [3.05, 3.63) is 47.0 Å². The van der Waals surface area contributed by atoms with E-state index >= 15 is 0 Å². The Morgan fingerprint density at radius 1 is 1.36 bits per heavy atom. The van der Waals surface area contributed by atoms with Gasteiger partial charge in [0.05, 0.1) is 11.6 Å². The van der Waals surface area contributed by atoms with Crippen molar-refractivity contribution < 1.29 is 0 Å². The van der Waals surface area contributed by atoms with Crippen LogP contribution in [0.4, 0.5) is 0 Å². The minimum atomic E-state index is 0.471. The van der Waals surface area contributed by atoms with Gasteiger partial charge in [0.1, 0.15) is 5.82 Å². The van der Waals surface area contributed by atoms with Crippen molar-refractivity contribution in [2.75, 3.05) is 13.1 Å². The molecule has 5 heteroatoms. The molecule has 1 saturated heterocycles. The molecular weight excluding hydrogens is 274 g/mol. The molecule has 1 N–H and O–H groups in total. The molecule has 1 aromatic carbocycles. The van der Waals surface area contributed by atoms with Gasteiger partial charge in [-0.2, -0.15) is 10.4 Å². The zero-order valence-corrected chi connectivity index (χ0v) is 12.9. The summed E-state index contributed by atoms with van der Waals surface area (Å²) in [7, 11) is 0. The van der Waals surface area contributed by atoms with Gasteiger partial charge in [0.2, 0.25) is 0 Å². The van der Waals surface area contributed by atoms with E-state index in [0.29, 0.717) is 5.92 Å². The first-order chi connectivity index (χ1) is 10.8. The molecule has 2 heterocycles. The summed E-state index contributed by atoms with van der Waals surface area (Å²) in [6.45, 7) is 5.10. The summed E-state index contributed by atoms with van der Waals surface area (Å²) < 4.78 is 0. The number of benzene rings is 1. The van der Waals surface area contributed by atoms with Crippen LogP contribution >= 0.6 is 0 Å². The van der Waals surface area contributed by atoms with Crippen LogP contribution in [-0.2, 0) is 13.0 Å². The van der Waals surface area contributed by atoms with Crippen LogP contribution in [0.5, 0.6) is 0 Å². The third kappa shape index (κ3) is 3.34. The SMILES string of the molecule is CCc1nc(C2CCN(Cc3cccc(C#N)c3)CC2)n[nH]1. The minimum absolute atomic E-state index is 0.471. The molecule has 0 aliphatic carbocycles. The van der Waals surface area contributed by atoms with E-state index < -0.39 is 0 Å². The summed E-state index contributed by atoms with van der Waals surface area (Å²) in [6.07, 6.45) is 3.10. The molecule has 114 valence electrons. The van der Waals surface area contributed by atoms with E-state index in [-0.39, 0.29) is 0 Å². The smallest absolute Gasteiger partial charge is 0.153 e. The van der Waals surface area contributed by atoms with Crippen molar-refractivity contribution in [3.8, 4) is 6.07 Å². The summed E-state index contributed by atoms with van der Waals surface area (Å²) in [6, 6.07) is 10.1. The van der Waals surface area contributed by atoms with Crippen molar-refractivity contribution in [2.24, 2.45) is 0 Å². The molecule has 1 aromatic heterocycles. The number of nitrogens with one attached hydrogen (secondary N) is 1. The van der Waals surface area contributed by atoms with E-state index in [0.717, 1.165) is 56.1 Å². The second-order valence-electron chi connectivity index (χ2n) is 5.86. The fraction of sp³-hybridized carbons (Fsp3) is 0.471. The number of piperidine rings is 1. The lowest BCUT2D eigenvalue weighted by Crippen LogP contribution is -2.32. The number of rotatable bonds is 4. The molecule has 1 aliphatic heterocycles. The van der Waals surface area contributed by atoms with Gasteiger partial charge < -0.3 is 0 Å². The number of likely N-dealkylation sites (tertiary alicyclic amines) is 1. The van der Waals surface area contributed by atoms with Gasteiger partial charge in [-0.1, -0.05) is 19.1 Å². The zero-order chi connectivity index (χ0) is 15.4. The Balaban J connectivity index is 1.56. The van der Waals surface area contributed by atoms with Crippen molar-refractivity contribution in [2.45, 2.75) is 38.6 Å². The van der Waals surface area contributed by atoms with Crippen LogP contribution in [-0.4, -0.2) is 33.2 Å². The summed E-state index contributed by atoms with van der Waals surface area (Å²) in [5.74, 6) is 2.42. The van der Waals surface area contributed by atoms with Crippen LogP contribution in [0.2, 0.25) is 0 Å². The van der Waals surface area contributed by atoms with E-state index in [1.165, 1.54) is 5.56 Å². The molecule has 0 bridgehead atoms. The fourth-order valence-electron chi connectivity index (χ4n) is 3.00. The molecule has 0 radical (unpaired) electrons. The lowest BCUT2D eigenvalue weighted by molar-refractivity contribution is 0.202. The normalized spacial score (nSPS) is 16.5. The van der Waals surface area contributed by atoms with Crippen molar-refractivity contribution in [3.63, 3.8) is 0 Å². The number of nitrogens with zero attached hydrogens (tertiary/aromatic N) is 4. The molecule has 0 spiro atoms. The predicted molar refractivity (Wildman–Crippen MR) is 84.2 cm³/mol. The maximum Gasteiger partial charge on any atom is 0.153 e. The van der Waals surface area contributed by atoms with E-state index in [1.54, 1.807) is 0 Å². The number of aromatic nitrogens is 3. The molecule has 0 unspecified atom stereocenters. The topological polar surface area (TPSA) is 68.6 Å². The first-order valence-corrected chi connectivity index (χ1v) is 7.91. The van der Waals surface area contributed by atoms with Gasteiger partial charge in [0.25, 0.3) is 0 Å². The largest absolute Gasteiger partial charge is 0.299 e. The summed E-state index contributed by atoms with van der Waals surface area (Å²) in [4.78, 5) is 7.01. The van der Waals surface area contributed by atoms with Gasteiger partial charge in [-0.15, -0.1) is 0 Å². The quantitative estimate of drug-likeness (QED) is 0.941. The van der Waals surface area contributed by atoms with E-state index in [9.17, 15) is 0 Å². The lowest BCUT2D eigenvalue weighted by Gasteiger charge is -2.30. The Labute approximate surface area is 131 Å². The highest BCUT2D eigenvalue weighted by Gasteiger charge is 2.23. The first-order valence-electron chi connectivity index (χ1n) is 7.91. The van der Waals surface area contributed by atoms with Crippen molar-refractivity contribution in [1.29, 1.82) is 5.26 Å². The number of hydrogen-bond acceptors (Lipinski definition) is 4. The number of hydrogen-bond donors (Lipinski definition) is 1. The molecule has 5 nitrogen and oxygen atoms in total. The van der Waals surface area contributed by atoms with Crippen LogP contribution in [0.15, 0.2) is 24.3 Å². The Hall–Kier alpha value is -2.19. The summed E-state index contributed by atoms with van der Waals surface area (Å²) in [5.41, 5.74) is 1.95. The molecule has 0 amide bonds. The number of aryl methyl sites for hydroxylation is 1. The summed E-state index contributed by atoms with van der Waals surface area (Å²) in [5, 5.41) is 16.3. The van der Waals surface area contributed by atoms with Gasteiger partial charge in [-0.05, 0) is 43.6 Å². The van der Waals surface area contributed by atoms with Gasteiger partial charge in [-0.3, -0.25) is 10.00 Å². The van der Waals surface area contributed by atoms with Crippen LogP contribution in [0, 0.1) is 11.3 Å². The van der Waals surface area contributed by atoms with Crippen LogP contribution in [0.1, 0.15) is 48.5 Å². The Morgan fingerprint density at radius 3 is 2.86 bits per heavy atom. The predicted octanol–water partition coefficient (Wildman–Crippen LogP) is 2.62. The molecule has 2 aromatic rings. The zero-order valence-electron chi connectivity index (χ0n) is 12.9. The van der Waals surface area contributed by atoms with Crippen molar-refractivity contribution >= 4 is 0 Å². The maximum atomic E-state index is 8.97. The highest BCUT2D eigenvalue weighted by Crippen LogP contribution is 2.26. The Morgan fingerprint density at radius 2 is 2.18 bits per heavy atom. The number of aromatic amines is 1. The first kappa shape index (κ1) is 14.7. The number of H-pyrrole nitrogens is 1. The molecule has 0 atom stereocenters. The standard InChI is InChI=1S/C17H21N5/c1-2-16-19-17(21-20-16)15-6-8-22(9-7-15)12-14-5-3-4-13(10-14)11-18/h3-5,10,15H,2,6-9,12H2,1H3,(H,19,20,21). The second kappa shape index (κ2) is 6.71. The second-order valence-corrected chi connectivity index (χ2v) is 5.86. The van der Waals surface area contributed by atoms with E-state index in [1.807, 2.05) is 18.2 Å². The van der Waals surface area contributed by atoms with Crippen LogP contribution in [0.3, 0.4) is 0 Å². The van der Waals surface area contributed by atoms with Crippen LogP contribution < -0.4 is 0 Å². The van der Waals surface area contributed by atoms with E-state index in [2.05, 4.69) is 39.1 Å². The highest BCUT2D eigenvalue weighted by atomic mass is 15.2.